The van der Waals surface area contributed by atoms with Gasteiger partial charge in [0.15, 0.2) is 9.84 Å². The maximum Gasteiger partial charge on any atom is 0.151 e. The van der Waals surface area contributed by atoms with Gasteiger partial charge in [-0.25, -0.2) is 8.42 Å². The van der Waals surface area contributed by atoms with E-state index in [9.17, 15) is 8.42 Å². The van der Waals surface area contributed by atoms with Gasteiger partial charge >= 0.3 is 0 Å². The maximum absolute atomic E-state index is 11.7. The molecule has 0 amide bonds. The molecule has 1 N–H and O–H groups in total. The molecule has 0 saturated carbocycles. The second-order valence-corrected chi connectivity index (χ2v) is 8.32. The van der Waals surface area contributed by atoms with E-state index in [1.54, 1.807) is 7.11 Å². The molecule has 0 spiro atoms. The summed E-state index contributed by atoms with van der Waals surface area (Å²) in [5.41, 5.74) is 0. The average molecular weight is 304 g/mol. The largest absolute Gasteiger partial charge is 0.385 e. The summed E-state index contributed by atoms with van der Waals surface area (Å²) in [6.07, 6.45) is 4.21. The Labute approximate surface area is 123 Å². The van der Waals surface area contributed by atoms with Crippen LogP contribution in [0.1, 0.15) is 25.7 Å². The Balaban J connectivity index is 1.89. The van der Waals surface area contributed by atoms with Gasteiger partial charge in [0.05, 0.1) is 11.5 Å². The van der Waals surface area contributed by atoms with E-state index in [-0.39, 0.29) is 6.04 Å². The van der Waals surface area contributed by atoms with Crippen LogP contribution in [0.15, 0.2) is 0 Å². The number of nitrogens with one attached hydrogen (secondary N) is 1. The Hall–Kier alpha value is -0.170. The summed E-state index contributed by atoms with van der Waals surface area (Å²) in [6.45, 7) is 4.95. The Morgan fingerprint density at radius 3 is 2.60 bits per heavy atom. The van der Waals surface area contributed by atoms with E-state index in [1.165, 1.54) is 12.8 Å². The molecule has 2 aliphatic rings. The Kier molecular flexibility index (Phi) is 6.26. The molecule has 0 bridgehead atoms. The monoisotopic (exact) mass is 304 g/mol. The predicted octanol–water partition coefficient (Wildman–Crippen LogP) is 0.512. The first-order chi connectivity index (χ1) is 9.61. The fourth-order valence-electron chi connectivity index (χ4n) is 3.29. The fourth-order valence-corrected chi connectivity index (χ4v) is 5.06. The summed E-state index contributed by atoms with van der Waals surface area (Å²) in [5.74, 6) is 1.43. The van der Waals surface area contributed by atoms with Crippen molar-refractivity contribution in [3.63, 3.8) is 0 Å². The highest BCUT2D eigenvalue weighted by molar-refractivity contribution is 7.91. The Morgan fingerprint density at radius 1 is 1.25 bits per heavy atom. The molecule has 20 heavy (non-hydrogen) atoms. The molecule has 0 aromatic carbocycles. The molecule has 2 fully saturated rings. The van der Waals surface area contributed by atoms with Gasteiger partial charge < -0.3 is 10.1 Å². The van der Waals surface area contributed by atoms with Crippen molar-refractivity contribution in [2.75, 3.05) is 51.4 Å². The molecule has 118 valence electrons. The van der Waals surface area contributed by atoms with E-state index >= 15 is 0 Å². The number of sulfone groups is 1. The Morgan fingerprint density at radius 2 is 2.00 bits per heavy atom. The van der Waals surface area contributed by atoms with Crippen molar-refractivity contribution < 1.29 is 13.2 Å². The first-order valence-corrected chi connectivity index (χ1v) is 9.57. The molecule has 0 aliphatic carbocycles. The molecule has 0 radical (unpaired) electrons. The SMILES string of the molecule is COCCCN(CC1CCNCC1)C1CCS(=O)(=O)C1. The van der Waals surface area contributed by atoms with Gasteiger partial charge in [0.25, 0.3) is 0 Å². The van der Waals surface area contributed by atoms with E-state index < -0.39 is 9.84 Å². The summed E-state index contributed by atoms with van der Waals surface area (Å²) < 4.78 is 28.5. The van der Waals surface area contributed by atoms with Gasteiger partial charge in [-0.2, -0.15) is 0 Å². The first kappa shape index (κ1) is 16.2. The van der Waals surface area contributed by atoms with Crippen molar-refractivity contribution in [3.05, 3.63) is 0 Å². The summed E-state index contributed by atoms with van der Waals surface area (Å²) in [4.78, 5) is 2.42. The van der Waals surface area contributed by atoms with Crippen LogP contribution in [0.5, 0.6) is 0 Å². The summed E-state index contributed by atoms with van der Waals surface area (Å²) in [6, 6.07) is 0.228. The van der Waals surface area contributed by atoms with E-state index in [0.717, 1.165) is 45.6 Å². The zero-order chi connectivity index (χ0) is 14.4. The zero-order valence-electron chi connectivity index (χ0n) is 12.5. The molecule has 0 aromatic rings. The van der Waals surface area contributed by atoms with E-state index in [2.05, 4.69) is 10.2 Å². The minimum atomic E-state index is -2.80. The molecule has 2 aliphatic heterocycles. The average Bonchev–Trinajstić information content (AvgIpc) is 2.79. The normalized spacial score (nSPS) is 27.2. The molecular formula is C14H28N2O3S. The van der Waals surface area contributed by atoms with Crippen LogP contribution in [-0.4, -0.2) is 70.8 Å². The molecule has 1 atom stereocenters. The van der Waals surface area contributed by atoms with Crippen molar-refractivity contribution in [1.82, 2.24) is 10.2 Å². The second kappa shape index (κ2) is 7.73. The molecule has 2 rings (SSSR count). The fraction of sp³-hybridized carbons (Fsp3) is 1.00. The number of ether oxygens (including phenoxy) is 1. The van der Waals surface area contributed by atoms with Crippen LogP contribution in [0, 0.1) is 5.92 Å². The number of hydrogen-bond acceptors (Lipinski definition) is 5. The van der Waals surface area contributed by atoms with Gasteiger partial charge in [0.2, 0.25) is 0 Å². The van der Waals surface area contributed by atoms with Crippen LogP contribution in [-0.2, 0) is 14.6 Å². The van der Waals surface area contributed by atoms with Gasteiger partial charge in [-0.05, 0) is 44.7 Å². The van der Waals surface area contributed by atoms with Crippen LogP contribution in [0.4, 0.5) is 0 Å². The summed E-state index contributed by atoms with van der Waals surface area (Å²) in [5, 5.41) is 3.39. The van der Waals surface area contributed by atoms with Crippen molar-refractivity contribution in [2.24, 2.45) is 5.92 Å². The quantitative estimate of drug-likeness (QED) is 0.695. The first-order valence-electron chi connectivity index (χ1n) is 7.75. The minimum Gasteiger partial charge on any atom is -0.385 e. The molecule has 0 aromatic heterocycles. The van der Waals surface area contributed by atoms with Gasteiger partial charge in [-0.15, -0.1) is 0 Å². The smallest absolute Gasteiger partial charge is 0.151 e. The molecule has 5 nitrogen and oxygen atoms in total. The van der Waals surface area contributed by atoms with E-state index in [0.29, 0.717) is 17.4 Å². The highest BCUT2D eigenvalue weighted by atomic mass is 32.2. The highest BCUT2D eigenvalue weighted by Crippen LogP contribution is 2.22. The molecule has 2 saturated heterocycles. The third kappa shape index (κ3) is 4.98. The zero-order valence-corrected chi connectivity index (χ0v) is 13.3. The van der Waals surface area contributed by atoms with Crippen LogP contribution < -0.4 is 5.32 Å². The number of rotatable bonds is 7. The van der Waals surface area contributed by atoms with Crippen LogP contribution in [0.3, 0.4) is 0 Å². The van der Waals surface area contributed by atoms with Crippen LogP contribution >= 0.6 is 0 Å². The van der Waals surface area contributed by atoms with Gasteiger partial charge in [0.1, 0.15) is 0 Å². The minimum absolute atomic E-state index is 0.228. The Bertz CT molecular complexity index is 380. The molecule has 6 heteroatoms. The number of methoxy groups -OCH3 is 1. The highest BCUT2D eigenvalue weighted by Gasteiger charge is 2.33. The lowest BCUT2D eigenvalue weighted by Crippen LogP contribution is -2.43. The van der Waals surface area contributed by atoms with Crippen molar-refractivity contribution in [2.45, 2.75) is 31.7 Å². The molecule has 2 heterocycles. The lowest BCUT2D eigenvalue weighted by Gasteiger charge is -2.33. The topological polar surface area (TPSA) is 58.6 Å². The van der Waals surface area contributed by atoms with Crippen molar-refractivity contribution >= 4 is 9.84 Å². The van der Waals surface area contributed by atoms with Crippen LogP contribution in [0.25, 0.3) is 0 Å². The van der Waals surface area contributed by atoms with E-state index in [4.69, 9.17) is 4.74 Å². The predicted molar refractivity (Wildman–Crippen MR) is 80.7 cm³/mol. The van der Waals surface area contributed by atoms with Gasteiger partial charge in [0, 0.05) is 32.8 Å². The van der Waals surface area contributed by atoms with Crippen molar-refractivity contribution in [3.8, 4) is 0 Å². The number of piperidine rings is 1. The van der Waals surface area contributed by atoms with Crippen molar-refractivity contribution in [1.29, 1.82) is 0 Å². The summed E-state index contributed by atoms with van der Waals surface area (Å²) in [7, 11) is -1.08. The summed E-state index contributed by atoms with van der Waals surface area (Å²) >= 11 is 0. The maximum atomic E-state index is 11.7. The molecular weight excluding hydrogens is 276 g/mol. The standard InChI is InChI=1S/C14H28N2O3S/c1-19-9-2-8-16(11-13-3-6-15-7-4-13)14-5-10-20(17,18)12-14/h13-15H,2-12H2,1H3. The second-order valence-electron chi connectivity index (χ2n) is 6.09. The van der Waals surface area contributed by atoms with Gasteiger partial charge in [-0.1, -0.05) is 0 Å². The number of nitrogens with zero attached hydrogens (tertiary/aromatic N) is 1. The van der Waals surface area contributed by atoms with Gasteiger partial charge in [-0.3, -0.25) is 4.90 Å². The van der Waals surface area contributed by atoms with Crippen LogP contribution in [0.2, 0.25) is 0 Å². The third-order valence-electron chi connectivity index (χ3n) is 4.47. The lowest BCUT2D eigenvalue weighted by atomic mass is 9.96. The number of hydrogen-bond donors (Lipinski definition) is 1. The molecule has 1 unspecified atom stereocenters. The lowest BCUT2D eigenvalue weighted by molar-refractivity contribution is 0.133. The third-order valence-corrected chi connectivity index (χ3v) is 6.22. The van der Waals surface area contributed by atoms with E-state index in [1.807, 2.05) is 0 Å².